The quantitative estimate of drug-likeness (QED) is 0.0754. The molecule has 2 aliphatic rings. The Morgan fingerprint density at radius 1 is 0.717 bits per heavy atom. The van der Waals surface area contributed by atoms with Gasteiger partial charge in [0.1, 0.15) is 11.0 Å². The Morgan fingerprint density at radius 3 is 1.66 bits per heavy atom. The van der Waals surface area contributed by atoms with E-state index in [4.69, 9.17) is 17.3 Å². The molecule has 2 amide bonds. The molecule has 2 fully saturated rings. The van der Waals surface area contributed by atoms with Gasteiger partial charge in [0, 0.05) is 62.8 Å². The first kappa shape index (κ1) is 36.8. The summed E-state index contributed by atoms with van der Waals surface area (Å²) in [6, 6.07) is 15.7. The first-order valence-corrected chi connectivity index (χ1v) is 17.7. The standard InChI is InChI=1S/C18H21N7O.C9H10ClN5.C9H12N2O/c1-11(26)25(2)14-8-6-13(7-9-14)22-18-23-16-15(19-10-20-16)17(24-18)21-12-4-3-5-12;10-9-14-7-6(11-4-12-7)8(15-9)13-5-2-1-3-5;1-7(12)11(2)9-5-3-8(10)4-6-9/h6-10,12H,3-5H2,1-2H3,(H3,19,20,21,22,23,24);4-5H,1-3H2,(H2,11,12,13,14,15);3-6H,10H2,1-2H3. The third kappa shape index (κ3) is 9.26. The monoisotopic (exact) mass is 738 g/mol. The van der Waals surface area contributed by atoms with Gasteiger partial charge in [-0.15, -0.1) is 0 Å². The number of halogens is 1. The van der Waals surface area contributed by atoms with Crippen molar-refractivity contribution in [1.29, 1.82) is 0 Å². The van der Waals surface area contributed by atoms with Gasteiger partial charge in [-0.25, -0.2) is 9.97 Å². The van der Waals surface area contributed by atoms with Crippen molar-refractivity contribution in [3.63, 3.8) is 0 Å². The number of hydrogen-bond acceptors (Lipinski definition) is 12. The molecule has 17 heteroatoms. The molecule has 4 heterocycles. The van der Waals surface area contributed by atoms with Crippen molar-refractivity contribution in [3.8, 4) is 0 Å². The molecule has 6 aromatic rings. The van der Waals surface area contributed by atoms with Gasteiger partial charge in [-0.3, -0.25) is 9.59 Å². The summed E-state index contributed by atoms with van der Waals surface area (Å²) in [5.41, 5.74) is 11.6. The molecule has 276 valence electrons. The first-order valence-electron chi connectivity index (χ1n) is 17.4. The largest absolute Gasteiger partial charge is 0.399 e. The van der Waals surface area contributed by atoms with E-state index < -0.39 is 0 Å². The smallest absolute Gasteiger partial charge is 0.231 e. The number of nitrogens with one attached hydrogen (secondary N) is 5. The Bertz CT molecular complexity index is 2160. The van der Waals surface area contributed by atoms with E-state index >= 15 is 0 Å². The van der Waals surface area contributed by atoms with Crippen LogP contribution in [-0.4, -0.2) is 77.9 Å². The fourth-order valence-corrected chi connectivity index (χ4v) is 5.52. The molecule has 2 saturated carbocycles. The number of rotatable bonds is 8. The third-order valence-corrected chi connectivity index (χ3v) is 9.34. The summed E-state index contributed by atoms with van der Waals surface area (Å²) in [5.74, 6) is 2.02. The van der Waals surface area contributed by atoms with Crippen LogP contribution in [0.1, 0.15) is 52.4 Å². The SMILES string of the molecule is CC(=O)N(C)c1ccc(N)cc1.CC(=O)N(C)c1ccc(Nc2nc(NC3CCC3)c3[nH]cnc3n2)cc1.Clc1nc(NC2CCC2)c2[nH]cnc2n1. The number of nitrogens with zero attached hydrogens (tertiary/aromatic N) is 8. The van der Waals surface area contributed by atoms with Crippen LogP contribution < -0.4 is 31.5 Å². The third-order valence-electron chi connectivity index (χ3n) is 9.17. The molecule has 0 bridgehead atoms. The summed E-state index contributed by atoms with van der Waals surface area (Å²) in [6.45, 7) is 3.06. The highest BCUT2D eigenvalue weighted by atomic mass is 35.5. The van der Waals surface area contributed by atoms with Crippen LogP contribution in [0.15, 0.2) is 61.2 Å². The molecule has 2 aromatic carbocycles. The topological polar surface area (TPSA) is 212 Å². The summed E-state index contributed by atoms with van der Waals surface area (Å²) in [7, 11) is 3.48. The van der Waals surface area contributed by atoms with Crippen molar-refractivity contribution >= 4 is 86.1 Å². The van der Waals surface area contributed by atoms with Crippen LogP contribution in [-0.2, 0) is 9.59 Å². The number of carbonyl (C=O) groups is 2. The summed E-state index contributed by atoms with van der Waals surface area (Å²) in [5, 5.41) is 10.2. The Morgan fingerprint density at radius 2 is 1.19 bits per heavy atom. The molecule has 0 saturated heterocycles. The minimum Gasteiger partial charge on any atom is -0.399 e. The fourth-order valence-electron chi connectivity index (χ4n) is 5.36. The zero-order valence-corrected chi connectivity index (χ0v) is 30.8. The molecule has 16 nitrogen and oxygen atoms in total. The van der Waals surface area contributed by atoms with Gasteiger partial charge in [0.25, 0.3) is 0 Å². The van der Waals surface area contributed by atoms with Crippen LogP contribution in [0, 0.1) is 0 Å². The number of carbonyl (C=O) groups excluding carboxylic acids is 2. The van der Waals surface area contributed by atoms with Crippen LogP contribution in [0.2, 0.25) is 5.28 Å². The Labute approximate surface area is 311 Å². The second kappa shape index (κ2) is 16.5. The van der Waals surface area contributed by atoms with Crippen molar-refractivity contribution in [2.75, 3.05) is 45.6 Å². The maximum absolute atomic E-state index is 11.4. The van der Waals surface area contributed by atoms with E-state index in [0.717, 1.165) is 52.6 Å². The molecule has 0 spiro atoms. The number of imidazole rings is 2. The van der Waals surface area contributed by atoms with E-state index in [1.54, 1.807) is 48.7 Å². The lowest BCUT2D eigenvalue weighted by molar-refractivity contribution is -0.117. The fraction of sp³-hybridized carbons (Fsp3) is 0.333. The normalized spacial score (nSPS) is 13.8. The molecule has 2 aliphatic carbocycles. The second-order valence-corrected chi connectivity index (χ2v) is 13.2. The molecule has 4 aromatic heterocycles. The lowest BCUT2D eigenvalue weighted by Gasteiger charge is -2.27. The Balaban J connectivity index is 0.000000150. The molecule has 0 radical (unpaired) electrons. The number of aromatic nitrogens is 8. The van der Waals surface area contributed by atoms with Crippen molar-refractivity contribution in [1.82, 2.24) is 39.9 Å². The molecule has 0 unspecified atom stereocenters. The molecule has 8 rings (SSSR count). The van der Waals surface area contributed by atoms with Crippen LogP contribution >= 0.6 is 11.6 Å². The highest BCUT2D eigenvalue weighted by Gasteiger charge is 2.21. The highest BCUT2D eigenvalue weighted by molar-refractivity contribution is 6.28. The molecular weight excluding hydrogens is 696 g/mol. The van der Waals surface area contributed by atoms with Gasteiger partial charge in [-0.05, 0) is 98.7 Å². The minimum atomic E-state index is -0.00950. The van der Waals surface area contributed by atoms with E-state index in [9.17, 15) is 9.59 Å². The van der Waals surface area contributed by atoms with Crippen molar-refractivity contribution in [2.45, 2.75) is 64.5 Å². The van der Waals surface area contributed by atoms with Crippen molar-refractivity contribution in [2.24, 2.45) is 0 Å². The molecule has 0 atom stereocenters. The van der Waals surface area contributed by atoms with Gasteiger partial charge in [-0.2, -0.15) is 19.9 Å². The Hall–Kier alpha value is -6.03. The number of nitrogens with two attached hydrogens (primary N) is 1. The van der Waals surface area contributed by atoms with Crippen LogP contribution in [0.4, 0.5) is 40.3 Å². The maximum Gasteiger partial charge on any atom is 0.231 e. The number of benzene rings is 2. The van der Waals surface area contributed by atoms with E-state index in [-0.39, 0.29) is 17.1 Å². The average Bonchev–Trinajstić information content (AvgIpc) is 3.78. The van der Waals surface area contributed by atoms with E-state index in [1.807, 2.05) is 36.4 Å². The van der Waals surface area contributed by atoms with E-state index in [0.29, 0.717) is 35.0 Å². The van der Waals surface area contributed by atoms with E-state index in [1.165, 1.54) is 39.5 Å². The number of aromatic amines is 2. The number of H-pyrrole nitrogens is 2. The van der Waals surface area contributed by atoms with Gasteiger partial charge in [0.2, 0.25) is 23.0 Å². The maximum atomic E-state index is 11.4. The lowest BCUT2D eigenvalue weighted by Crippen LogP contribution is -2.27. The highest BCUT2D eigenvalue weighted by Crippen LogP contribution is 2.28. The number of hydrogen-bond donors (Lipinski definition) is 6. The lowest BCUT2D eigenvalue weighted by atomic mass is 9.93. The first-order chi connectivity index (χ1) is 25.5. The zero-order valence-electron chi connectivity index (χ0n) is 30.0. The number of amides is 2. The summed E-state index contributed by atoms with van der Waals surface area (Å²) >= 11 is 5.81. The molecule has 53 heavy (non-hydrogen) atoms. The van der Waals surface area contributed by atoms with Crippen molar-refractivity contribution in [3.05, 3.63) is 66.5 Å². The van der Waals surface area contributed by atoms with Gasteiger partial charge in [-0.1, -0.05) is 0 Å². The van der Waals surface area contributed by atoms with Crippen molar-refractivity contribution < 1.29 is 9.59 Å². The molecular formula is C36H43ClN14O2. The van der Waals surface area contributed by atoms with E-state index in [2.05, 4.69) is 55.8 Å². The van der Waals surface area contributed by atoms with Crippen LogP contribution in [0.3, 0.4) is 0 Å². The van der Waals surface area contributed by atoms with Gasteiger partial charge in [0.05, 0.1) is 12.7 Å². The average molecular weight is 739 g/mol. The Kier molecular flexibility index (Phi) is 11.5. The number of nitrogen functional groups attached to an aromatic ring is 1. The number of fused-ring (bicyclic) bond motifs is 2. The second-order valence-electron chi connectivity index (χ2n) is 12.9. The van der Waals surface area contributed by atoms with Gasteiger partial charge < -0.3 is 41.5 Å². The van der Waals surface area contributed by atoms with Crippen LogP contribution in [0.5, 0.6) is 0 Å². The van der Waals surface area contributed by atoms with Gasteiger partial charge >= 0.3 is 0 Å². The molecule has 0 aliphatic heterocycles. The van der Waals surface area contributed by atoms with Crippen LogP contribution in [0.25, 0.3) is 22.3 Å². The summed E-state index contributed by atoms with van der Waals surface area (Å²) in [6.07, 6.45) is 10.5. The minimum absolute atomic E-state index is 0.00950. The predicted octanol–water partition coefficient (Wildman–Crippen LogP) is 6.27. The predicted molar refractivity (Wildman–Crippen MR) is 210 cm³/mol. The molecule has 7 N–H and O–H groups in total. The number of anilines is 7. The zero-order chi connectivity index (χ0) is 37.5. The van der Waals surface area contributed by atoms with Gasteiger partial charge in [0.15, 0.2) is 22.9 Å². The summed E-state index contributed by atoms with van der Waals surface area (Å²) in [4.78, 5) is 57.2. The summed E-state index contributed by atoms with van der Waals surface area (Å²) < 4.78 is 0.